The molecule has 13 heteroatoms. The molecule has 10 nitrogen and oxygen atoms in total. The number of hydrogen-bond acceptors (Lipinski definition) is 8. The molecule has 31 heavy (non-hydrogen) atoms. The second-order valence-electron chi connectivity index (χ2n) is 6.87. The maximum Gasteiger partial charge on any atom is 0.512 e. The van der Waals surface area contributed by atoms with Crippen molar-refractivity contribution in [1.82, 2.24) is 15.3 Å². The number of carbonyl (C=O) groups is 2. The standard InChI is InChI=1S/C18H22Cl2N4O6S/c1-8-12(19)13(20)14(21-8)15(25)22-9-4-5-24(6-11(9)29-3)17-23-10(7-28-2)16(31-17)30-18(26)27/h9,11,21H,4-7H2,1-3H3,(H,22,25)(H,26,27)/t9-,11+/m1/s1. The summed E-state index contributed by atoms with van der Waals surface area (Å²) in [5.74, 6) is -0.366. The fourth-order valence-corrected chi connectivity index (χ4v) is 4.68. The Morgan fingerprint density at radius 2 is 2.10 bits per heavy atom. The quantitative estimate of drug-likeness (QED) is 0.502. The molecule has 0 aliphatic carbocycles. The molecule has 2 aromatic heterocycles. The van der Waals surface area contributed by atoms with E-state index < -0.39 is 6.16 Å². The molecule has 0 radical (unpaired) electrons. The molecule has 170 valence electrons. The van der Waals surface area contributed by atoms with Gasteiger partial charge in [0.1, 0.15) is 11.4 Å². The number of H-pyrrole nitrogens is 1. The van der Waals surface area contributed by atoms with Crippen LogP contribution in [0.4, 0.5) is 9.93 Å². The summed E-state index contributed by atoms with van der Waals surface area (Å²) in [5, 5.41) is 13.1. The van der Waals surface area contributed by atoms with Crippen LogP contribution < -0.4 is 15.0 Å². The third-order valence-electron chi connectivity index (χ3n) is 4.84. The zero-order valence-electron chi connectivity index (χ0n) is 17.0. The van der Waals surface area contributed by atoms with Crippen LogP contribution in [-0.2, 0) is 16.1 Å². The molecule has 3 N–H and O–H groups in total. The zero-order chi connectivity index (χ0) is 22.7. The predicted octanol–water partition coefficient (Wildman–Crippen LogP) is 3.31. The average molecular weight is 493 g/mol. The third-order valence-corrected chi connectivity index (χ3v) is 6.82. The Hall–Kier alpha value is -2.05. The van der Waals surface area contributed by atoms with Crippen molar-refractivity contribution in [3.05, 3.63) is 27.1 Å². The van der Waals surface area contributed by atoms with E-state index in [2.05, 4.69) is 15.3 Å². The number of carboxylic acid groups (broad SMARTS) is 1. The number of carbonyl (C=O) groups excluding carboxylic acids is 1. The van der Waals surface area contributed by atoms with Crippen LogP contribution in [-0.4, -0.2) is 66.6 Å². The molecule has 1 fully saturated rings. The van der Waals surface area contributed by atoms with Crippen LogP contribution in [0.1, 0.15) is 28.3 Å². The smallest absolute Gasteiger partial charge is 0.449 e. The van der Waals surface area contributed by atoms with Crippen molar-refractivity contribution in [2.24, 2.45) is 0 Å². The van der Waals surface area contributed by atoms with Gasteiger partial charge in [-0.2, -0.15) is 0 Å². The van der Waals surface area contributed by atoms with Gasteiger partial charge >= 0.3 is 6.16 Å². The van der Waals surface area contributed by atoms with E-state index in [-0.39, 0.29) is 40.4 Å². The van der Waals surface area contributed by atoms with Crippen LogP contribution in [0, 0.1) is 6.92 Å². The molecule has 1 aliphatic heterocycles. The average Bonchev–Trinajstić information content (AvgIpc) is 3.23. The van der Waals surface area contributed by atoms with Gasteiger partial charge in [0.25, 0.3) is 5.91 Å². The summed E-state index contributed by atoms with van der Waals surface area (Å²) in [6, 6.07) is -0.264. The highest BCUT2D eigenvalue weighted by atomic mass is 35.5. The molecule has 0 saturated carbocycles. The summed E-state index contributed by atoms with van der Waals surface area (Å²) in [6.07, 6.45) is -1.17. The molecule has 2 aromatic rings. The number of aryl methyl sites for hydroxylation is 1. The Bertz CT molecular complexity index is 965. The van der Waals surface area contributed by atoms with Crippen LogP contribution in [0.5, 0.6) is 5.06 Å². The van der Waals surface area contributed by atoms with Gasteiger partial charge < -0.3 is 34.5 Å². The monoisotopic (exact) mass is 492 g/mol. The number of methoxy groups -OCH3 is 2. The predicted molar refractivity (Wildman–Crippen MR) is 116 cm³/mol. The van der Waals surface area contributed by atoms with Gasteiger partial charge in [0.05, 0.1) is 28.8 Å². The molecular weight excluding hydrogens is 471 g/mol. The lowest BCUT2D eigenvalue weighted by molar-refractivity contribution is 0.0540. The fraction of sp³-hybridized carbons (Fsp3) is 0.500. The van der Waals surface area contributed by atoms with E-state index in [4.69, 9.17) is 42.5 Å². The van der Waals surface area contributed by atoms with Crippen molar-refractivity contribution in [2.75, 3.05) is 32.2 Å². The lowest BCUT2D eigenvalue weighted by atomic mass is 10.0. The van der Waals surface area contributed by atoms with E-state index in [1.165, 1.54) is 7.11 Å². The van der Waals surface area contributed by atoms with Gasteiger partial charge in [-0.05, 0) is 13.3 Å². The molecule has 0 spiro atoms. The molecule has 0 unspecified atom stereocenters. The first-order valence-corrected chi connectivity index (χ1v) is 10.8. The van der Waals surface area contributed by atoms with Crippen molar-refractivity contribution in [2.45, 2.75) is 32.1 Å². The van der Waals surface area contributed by atoms with Gasteiger partial charge in [0.15, 0.2) is 5.13 Å². The Morgan fingerprint density at radius 3 is 2.68 bits per heavy atom. The van der Waals surface area contributed by atoms with Crippen molar-refractivity contribution < 1.29 is 28.9 Å². The zero-order valence-corrected chi connectivity index (χ0v) is 19.4. The summed E-state index contributed by atoms with van der Waals surface area (Å²) >= 11 is 13.3. The number of anilines is 1. The highest BCUT2D eigenvalue weighted by Gasteiger charge is 2.33. The Labute approximate surface area is 192 Å². The van der Waals surface area contributed by atoms with Crippen LogP contribution in [0.25, 0.3) is 0 Å². The molecule has 1 aliphatic rings. The number of nitrogens with zero attached hydrogens (tertiary/aromatic N) is 2. The number of thiazole rings is 1. The first-order chi connectivity index (χ1) is 14.7. The molecule has 1 saturated heterocycles. The molecule has 3 heterocycles. The van der Waals surface area contributed by atoms with Gasteiger partial charge in [-0.3, -0.25) is 4.79 Å². The number of piperidine rings is 1. The van der Waals surface area contributed by atoms with Gasteiger partial charge in [-0.1, -0.05) is 34.5 Å². The summed E-state index contributed by atoms with van der Waals surface area (Å²) < 4.78 is 15.5. The van der Waals surface area contributed by atoms with Gasteiger partial charge in [-0.15, -0.1) is 0 Å². The van der Waals surface area contributed by atoms with E-state index in [1.807, 2.05) is 4.90 Å². The number of halogens is 2. The molecule has 0 bridgehead atoms. The maximum absolute atomic E-state index is 12.7. The van der Waals surface area contributed by atoms with Gasteiger partial charge in [-0.25, -0.2) is 9.78 Å². The van der Waals surface area contributed by atoms with Crippen molar-refractivity contribution in [1.29, 1.82) is 0 Å². The lowest BCUT2D eigenvalue weighted by Gasteiger charge is -2.37. The molecule has 0 aromatic carbocycles. The Kier molecular flexibility index (Phi) is 7.65. The summed E-state index contributed by atoms with van der Waals surface area (Å²) in [4.78, 5) is 32.9. The largest absolute Gasteiger partial charge is 0.512 e. The number of hydrogen-bond donors (Lipinski definition) is 3. The minimum atomic E-state index is -1.41. The second kappa shape index (κ2) is 10.0. The number of aromatic nitrogens is 2. The normalized spacial score (nSPS) is 18.8. The van der Waals surface area contributed by atoms with Crippen molar-refractivity contribution in [3.63, 3.8) is 0 Å². The first-order valence-electron chi connectivity index (χ1n) is 9.26. The second-order valence-corrected chi connectivity index (χ2v) is 8.57. The maximum atomic E-state index is 12.7. The fourth-order valence-electron chi connectivity index (χ4n) is 3.31. The van der Waals surface area contributed by atoms with Crippen LogP contribution in [0.15, 0.2) is 0 Å². The van der Waals surface area contributed by atoms with E-state index >= 15 is 0 Å². The molecule has 3 rings (SSSR count). The van der Waals surface area contributed by atoms with Crippen LogP contribution in [0.3, 0.4) is 0 Å². The number of rotatable bonds is 7. The SMILES string of the molecule is COCc1nc(N2CC[C@@H](NC(=O)c3[nH]c(C)c(Cl)c3Cl)[C@@H](OC)C2)sc1OC(=O)O. The van der Waals surface area contributed by atoms with E-state index in [0.717, 1.165) is 11.3 Å². The number of aromatic amines is 1. The third kappa shape index (κ3) is 5.24. The van der Waals surface area contributed by atoms with Crippen LogP contribution >= 0.6 is 34.5 Å². The first kappa shape index (κ1) is 23.6. The van der Waals surface area contributed by atoms with Gasteiger partial charge in [0, 0.05) is 33.0 Å². The van der Waals surface area contributed by atoms with E-state index in [9.17, 15) is 9.59 Å². The number of amides is 1. The summed E-state index contributed by atoms with van der Waals surface area (Å²) in [5.41, 5.74) is 1.23. The van der Waals surface area contributed by atoms with Crippen molar-refractivity contribution >= 4 is 51.7 Å². The molecular formula is C18H22Cl2N4O6S. The highest BCUT2D eigenvalue weighted by Crippen LogP contribution is 2.35. The van der Waals surface area contributed by atoms with Gasteiger partial charge in [0.2, 0.25) is 5.06 Å². The summed E-state index contributed by atoms with van der Waals surface area (Å²) in [7, 11) is 3.05. The number of nitrogens with one attached hydrogen (secondary N) is 2. The highest BCUT2D eigenvalue weighted by molar-refractivity contribution is 7.17. The van der Waals surface area contributed by atoms with Crippen molar-refractivity contribution in [3.8, 4) is 5.06 Å². The minimum absolute atomic E-state index is 0.123. The topological polar surface area (TPSA) is 126 Å². The minimum Gasteiger partial charge on any atom is -0.449 e. The number of ether oxygens (including phenoxy) is 3. The lowest BCUT2D eigenvalue weighted by Crippen LogP contribution is -2.55. The van der Waals surface area contributed by atoms with E-state index in [0.29, 0.717) is 41.1 Å². The van der Waals surface area contributed by atoms with E-state index in [1.54, 1.807) is 14.0 Å². The Balaban J connectivity index is 1.71. The molecule has 2 atom stereocenters. The van der Waals surface area contributed by atoms with Crippen LogP contribution in [0.2, 0.25) is 10.0 Å². The summed E-state index contributed by atoms with van der Waals surface area (Å²) in [6.45, 7) is 2.86. The Morgan fingerprint density at radius 1 is 1.35 bits per heavy atom. The molecule has 1 amide bonds.